The van der Waals surface area contributed by atoms with Gasteiger partial charge in [-0.05, 0) is 37.9 Å². The van der Waals surface area contributed by atoms with Crippen LogP contribution in [0.5, 0.6) is 0 Å². The number of piperidine rings is 1. The fourth-order valence-corrected chi connectivity index (χ4v) is 2.81. The molecule has 0 spiro atoms. The Kier molecular flexibility index (Phi) is 7.49. The summed E-state index contributed by atoms with van der Waals surface area (Å²) in [5, 5.41) is 2.92. The molecular formula is C16H26N4OS. The standard InChI is InChI=1S/C16H26N4OS/c21-15(17-8-4-1-2-7-11-22)14-12-18-16(19-13-14)20-9-5-3-6-10-20/h12-13,22H,1-11H2,(H,17,21). The number of nitrogens with zero attached hydrogens (tertiary/aromatic N) is 3. The van der Waals surface area contributed by atoms with E-state index in [1.165, 1.54) is 25.7 Å². The summed E-state index contributed by atoms with van der Waals surface area (Å²) in [6, 6.07) is 0. The highest BCUT2D eigenvalue weighted by atomic mass is 32.1. The molecule has 1 aliphatic rings. The van der Waals surface area contributed by atoms with Gasteiger partial charge in [-0.25, -0.2) is 9.97 Å². The number of carbonyl (C=O) groups is 1. The molecule has 0 saturated carbocycles. The van der Waals surface area contributed by atoms with E-state index < -0.39 is 0 Å². The topological polar surface area (TPSA) is 58.1 Å². The maximum absolute atomic E-state index is 12.0. The Morgan fingerprint density at radius 3 is 2.45 bits per heavy atom. The lowest BCUT2D eigenvalue weighted by Gasteiger charge is -2.26. The minimum absolute atomic E-state index is 0.0839. The Morgan fingerprint density at radius 1 is 1.09 bits per heavy atom. The minimum atomic E-state index is -0.0839. The van der Waals surface area contributed by atoms with E-state index in [9.17, 15) is 4.79 Å². The van der Waals surface area contributed by atoms with Crippen LogP contribution in [-0.2, 0) is 0 Å². The lowest BCUT2D eigenvalue weighted by atomic mass is 10.1. The highest BCUT2D eigenvalue weighted by Crippen LogP contribution is 2.14. The van der Waals surface area contributed by atoms with Gasteiger partial charge in [0.1, 0.15) is 0 Å². The van der Waals surface area contributed by atoms with E-state index in [-0.39, 0.29) is 5.91 Å². The van der Waals surface area contributed by atoms with Crippen molar-refractivity contribution in [3.63, 3.8) is 0 Å². The molecule has 1 fully saturated rings. The van der Waals surface area contributed by atoms with Crippen molar-refractivity contribution in [2.45, 2.75) is 44.9 Å². The maximum Gasteiger partial charge on any atom is 0.254 e. The molecule has 0 aliphatic carbocycles. The molecule has 22 heavy (non-hydrogen) atoms. The second-order valence-electron chi connectivity index (χ2n) is 5.71. The van der Waals surface area contributed by atoms with Gasteiger partial charge in [0.25, 0.3) is 5.91 Å². The lowest BCUT2D eigenvalue weighted by molar-refractivity contribution is 0.0952. The first-order valence-electron chi connectivity index (χ1n) is 8.27. The van der Waals surface area contributed by atoms with Crippen LogP contribution in [0.3, 0.4) is 0 Å². The van der Waals surface area contributed by atoms with Crippen molar-refractivity contribution in [1.82, 2.24) is 15.3 Å². The highest BCUT2D eigenvalue weighted by Gasteiger charge is 2.14. The van der Waals surface area contributed by atoms with E-state index in [2.05, 4.69) is 32.8 Å². The summed E-state index contributed by atoms with van der Waals surface area (Å²) < 4.78 is 0. The summed E-state index contributed by atoms with van der Waals surface area (Å²) >= 11 is 4.19. The number of anilines is 1. The van der Waals surface area contributed by atoms with Crippen LogP contribution in [-0.4, -0.2) is 41.3 Å². The summed E-state index contributed by atoms with van der Waals surface area (Å²) in [6.45, 7) is 2.73. The first kappa shape index (κ1) is 17.1. The van der Waals surface area contributed by atoms with Gasteiger partial charge in [0.05, 0.1) is 5.56 Å². The van der Waals surface area contributed by atoms with Crippen molar-refractivity contribution in [3.05, 3.63) is 18.0 Å². The molecule has 122 valence electrons. The molecule has 0 unspecified atom stereocenters. The predicted octanol–water partition coefficient (Wildman–Crippen LogP) is 2.69. The van der Waals surface area contributed by atoms with Gasteiger partial charge in [0, 0.05) is 32.0 Å². The average molecular weight is 322 g/mol. The average Bonchev–Trinajstić information content (AvgIpc) is 2.59. The maximum atomic E-state index is 12.0. The normalized spacial score (nSPS) is 14.9. The molecule has 0 radical (unpaired) electrons. The molecule has 1 aromatic heterocycles. The van der Waals surface area contributed by atoms with Crippen LogP contribution in [0.4, 0.5) is 5.95 Å². The molecule has 2 rings (SSSR count). The van der Waals surface area contributed by atoms with Gasteiger partial charge in [-0.2, -0.15) is 12.6 Å². The number of amides is 1. The van der Waals surface area contributed by atoms with Crippen molar-refractivity contribution >= 4 is 24.5 Å². The number of hydrogen-bond acceptors (Lipinski definition) is 5. The SMILES string of the molecule is O=C(NCCCCCCS)c1cnc(N2CCCCC2)nc1. The molecule has 1 aromatic rings. The predicted molar refractivity (Wildman–Crippen MR) is 92.8 cm³/mol. The zero-order valence-corrected chi connectivity index (χ0v) is 14.0. The summed E-state index contributed by atoms with van der Waals surface area (Å²) in [6.07, 6.45) is 11.4. The molecule has 5 nitrogen and oxygen atoms in total. The number of thiol groups is 1. The van der Waals surface area contributed by atoms with Crippen LogP contribution in [0.25, 0.3) is 0 Å². The smallest absolute Gasteiger partial charge is 0.254 e. The second-order valence-corrected chi connectivity index (χ2v) is 6.16. The summed E-state index contributed by atoms with van der Waals surface area (Å²) in [4.78, 5) is 22.9. The van der Waals surface area contributed by atoms with Gasteiger partial charge in [-0.3, -0.25) is 4.79 Å². The van der Waals surface area contributed by atoms with E-state index >= 15 is 0 Å². The Balaban J connectivity index is 1.73. The van der Waals surface area contributed by atoms with Gasteiger partial charge in [0.15, 0.2) is 0 Å². The summed E-state index contributed by atoms with van der Waals surface area (Å²) in [5.74, 6) is 1.59. The van der Waals surface area contributed by atoms with Crippen molar-refractivity contribution < 1.29 is 4.79 Å². The van der Waals surface area contributed by atoms with Crippen molar-refractivity contribution in [1.29, 1.82) is 0 Å². The third kappa shape index (κ3) is 5.48. The van der Waals surface area contributed by atoms with Crippen LogP contribution in [0.15, 0.2) is 12.4 Å². The molecular weight excluding hydrogens is 296 g/mol. The van der Waals surface area contributed by atoms with Crippen LogP contribution in [0, 0.1) is 0 Å². The van der Waals surface area contributed by atoms with Gasteiger partial charge < -0.3 is 10.2 Å². The van der Waals surface area contributed by atoms with Gasteiger partial charge in [-0.1, -0.05) is 12.8 Å². The molecule has 2 heterocycles. The molecule has 1 saturated heterocycles. The van der Waals surface area contributed by atoms with Crippen molar-refractivity contribution in [2.75, 3.05) is 30.3 Å². The third-order valence-corrected chi connectivity index (χ3v) is 4.23. The van der Waals surface area contributed by atoms with E-state index in [4.69, 9.17) is 0 Å². The number of rotatable bonds is 8. The number of carbonyl (C=O) groups excluding carboxylic acids is 1. The van der Waals surface area contributed by atoms with Crippen molar-refractivity contribution in [2.24, 2.45) is 0 Å². The molecule has 6 heteroatoms. The summed E-state index contributed by atoms with van der Waals surface area (Å²) in [7, 11) is 0. The number of hydrogen-bond donors (Lipinski definition) is 2. The van der Waals surface area contributed by atoms with Crippen LogP contribution >= 0.6 is 12.6 Å². The van der Waals surface area contributed by atoms with Crippen molar-refractivity contribution in [3.8, 4) is 0 Å². The number of nitrogens with one attached hydrogen (secondary N) is 1. The monoisotopic (exact) mass is 322 g/mol. The largest absolute Gasteiger partial charge is 0.352 e. The Morgan fingerprint density at radius 2 is 1.77 bits per heavy atom. The van der Waals surface area contributed by atoms with Crippen LogP contribution in [0.2, 0.25) is 0 Å². The Bertz CT molecular complexity index is 446. The molecule has 0 atom stereocenters. The fourth-order valence-electron chi connectivity index (χ4n) is 2.59. The Hall–Kier alpha value is -1.30. The van der Waals surface area contributed by atoms with Gasteiger partial charge in [0.2, 0.25) is 5.95 Å². The minimum Gasteiger partial charge on any atom is -0.352 e. The van der Waals surface area contributed by atoms with Gasteiger partial charge >= 0.3 is 0 Å². The number of unbranched alkanes of at least 4 members (excludes halogenated alkanes) is 3. The van der Waals surface area contributed by atoms with E-state index in [0.717, 1.165) is 44.1 Å². The van der Waals surface area contributed by atoms with Crippen LogP contribution < -0.4 is 10.2 Å². The molecule has 1 amide bonds. The highest BCUT2D eigenvalue weighted by molar-refractivity contribution is 7.80. The fraction of sp³-hybridized carbons (Fsp3) is 0.688. The van der Waals surface area contributed by atoms with E-state index in [1.54, 1.807) is 12.4 Å². The summed E-state index contributed by atoms with van der Waals surface area (Å²) in [5.41, 5.74) is 0.538. The quantitative estimate of drug-likeness (QED) is 0.571. The Labute approximate surface area is 138 Å². The molecule has 1 N–H and O–H groups in total. The van der Waals surface area contributed by atoms with Crippen LogP contribution in [0.1, 0.15) is 55.3 Å². The molecule has 0 bridgehead atoms. The first-order valence-corrected chi connectivity index (χ1v) is 8.90. The van der Waals surface area contributed by atoms with Gasteiger partial charge in [-0.15, -0.1) is 0 Å². The first-order chi connectivity index (χ1) is 10.8. The third-order valence-electron chi connectivity index (χ3n) is 3.91. The van der Waals surface area contributed by atoms with E-state index in [0.29, 0.717) is 12.1 Å². The zero-order chi connectivity index (χ0) is 15.6. The second kappa shape index (κ2) is 9.66. The number of aromatic nitrogens is 2. The molecule has 1 aliphatic heterocycles. The van der Waals surface area contributed by atoms with E-state index in [1.807, 2.05) is 0 Å². The zero-order valence-electron chi connectivity index (χ0n) is 13.1. The molecule has 0 aromatic carbocycles. The lowest BCUT2D eigenvalue weighted by Crippen LogP contribution is -2.31.